The molecular formula is C11H20FN. The van der Waals surface area contributed by atoms with Gasteiger partial charge in [0, 0.05) is 12.6 Å². The highest BCUT2D eigenvalue weighted by molar-refractivity contribution is 4.90. The van der Waals surface area contributed by atoms with E-state index in [1.165, 1.54) is 25.7 Å². The fourth-order valence-electron chi connectivity index (χ4n) is 2.75. The number of alkyl halides is 1. The Labute approximate surface area is 80.1 Å². The monoisotopic (exact) mass is 185 g/mol. The molecule has 13 heavy (non-hydrogen) atoms. The van der Waals surface area contributed by atoms with Crippen LogP contribution < -0.4 is 5.32 Å². The molecule has 2 heteroatoms. The molecule has 2 aliphatic rings. The van der Waals surface area contributed by atoms with Crippen molar-refractivity contribution >= 4 is 0 Å². The molecule has 1 saturated heterocycles. The van der Waals surface area contributed by atoms with Gasteiger partial charge in [-0.25, -0.2) is 4.39 Å². The molecule has 0 aromatic carbocycles. The summed E-state index contributed by atoms with van der Waals surface area (Å²) >= 11 is 0. The number of rotatable bonds is 1. The normalized spacial score (nSPS) is 42.5. The van der Waals surface area contributed by atoms with Gasteiger partial charge in [-0.15, -0.1) is 0 Å². The maximum Gasteiger partial charge on any atom is 0.120 e. The molecule has 0 aromatic rings. The molecule has 76 valence electrons. The van der Waals surface area contributed by atoms with E-state index in [9.17, 15) is 4.39 Å². The summed E-state index contributed by atoms with van der Waals surface area (Å²) in [5.74, 6) is 0.844. The predicted octanol–water partition coefficient (Wildman–Crippen LogP) is 2.66. The Kier molecular flexibility index (Phi) is 2.59. The molecule has 1 aliphatic carbocycles. The summed E-state index contributed by atoms with van der Waals surface area (Å²) in [6.07, 6.45) is 7.28. The molecule has 2 atom stereocenters. The smallest absolute Gasteiger partial charge is 0.120 e. The Morgan fingerprint density at radius 3 is 2.46 bits per heavy atom. The lowest BCUT2D eigenvalue weighted by Crippen LogP contribution is -2.48. The Morgan fingerprint density at radius 2 is 1.92 bits per heavy atom. The fourth-order valence-corrected chi connectivity index (χ4v) is 2.75. The Bertz CT molecular complexity index is 163. The molecule has 0 aromatic heterocycles. The van der Waals surface area contributed by atoms with Gasteiger partial charge in [0.1, 0.15) is 5.67 Å². The van der Waals surface area contributed by atoms with E-state index < -0.39 is 5.67 Å². The van der Waals surface area contributed by atoms with Crippen molar-refractivity contribution in [2.75, 3.05) is 6.54 Å². The SMILES string of the molecule is CC1(F)CCC(C2CCCC2)NC1. The van der Waals surface area contributed by atoms with Crippen molar-refractivity contribution in [1.29, 1.82) is 0 Å². The van der Waals surface area contributed by atoms with Gasteiger partial charge in [0.15, 0.2) is 0 Å². The molecule has 1 saturated carbocycles. The third-order valence-electron chi connectivity index (χ3n) is 3.68. The van der Waals surface area contributed by atoms with E-state index in [0.29, 0.717) is 12.6 Å². The van der Waals surface area contributed by atoms with Gasteiger partial charge in [0.05, 0.1) is 0 Å². The van der Waals surface area contributed by atoms with Gasteiger partial charge in [-0.3, -0.25) is 0 Å². The number of hydrogen-bond donors (Lipinski definition) is 1. The number of hydrogen-bond acceptors (Lipinski definition) is 1. The maximum atomic E-state index is 13.5. The quantitative estimate of drug-likeness (QED) is 0.662. The Hall–Kier alpha value is -0.110. The van der Waals surface area contributed by atoms with Gasteiger partial charge in [-0.1, -0.05) is 12.8 Å². The van der Waals surface area contributed by atoms with Crippen molar-refractivity contribution in [3.8, 4) is 0 Å². The van der Waals surface area contributed by atoms with Gasteiger partial charge >= 0.3 is 0 Å². The summed E-state index contributed by atoms with van der Waals surface area (Å²) in [6.45, 7) is 2.28. The lowest BCUT2D eigenvalue weighted by molar-refractivity contribution is 0.109. The van der Waals surface area contributed by atoms with Crippen LogP contribution in [0.5, 0.6) is 0 Å². The number of nitrogens with one attached hydrogen (secondary N) is 1. The van der Waals surface area contributed by atoms with Crippen molar-refractivity contribution < 1.29 is 4.39 Å². The molecule has 1 N–H and O–H groups in total. The average Bonchev–Trinajstić information content (AvgIpc) is 2.56. The first-order valence-corrected chi connectivity index (χ1v) is 5.60. The summed E-state index contributed by atoms with van der Waals surface area (Å²) in [5.41, 5.74) is -0.949. The molecule has 0 radical (unpaired) electrons. The fraction of sp³-hybridized carbons (Fsp3) is 1.00. The third kappa shape index (κ3) is 2.22. The minimum atomic E-state index is -0.949. The van der Waals surface area contributed by atoms with Crippen molar-refractivity contribution in [3.05, 3.63) is 0 Å². The molecule has 1 heterocycles. The summed E-state index contributed by atoms with van der Waals surface area (Å²) < 4.78 is 13.5. The van der Waals surface area contributed by atoms with Crippen LogP contribution in [0.3, 0.4) is 0 Å². The van der Waals surface area contributed by atoms with Gasteiger partial charge in [-0.2, -0.15) is 0 Å². The van der Waals surface area contributed by atoms with Gasteiger partial charge < -0.3 is 5.32 Å². The van der Waals surface area contributed by atoms with Crippen LogP contribution in [0, 0.1) is 5.92 Å². The van der Waals surface area contributed by atoms with Gasteiger partial charge in [0.25, 0.3) is 0 Å². The second kappa shape index (κ2) is 3.56. The molecule has 2 unspecified atom stereocenters. The number of piperidine rings is 1. The van der Waals surface area contributed by atoms with Crippen LogP contribution in [-0.2, 0) is 0 Å². The molecule has 2 fully saturated rings. The zero-order valence-corrected chi connectivity index (χ0v) is 8.48. The highest BCUT2D eigenvalue weighted by Crippen LogP contribution is 2.33. The Balaban J connectivity index is 1.83. The second-order valence-corrected chi connectivity index (χ2v) is 4.98. The first-order chi connectivity index (χ1) is 6.17. The zero-order chi connectivity index (χ0) is 9.31. The molecular weight excluding hydrogens is 165 g/mol. The standard InChI is InChI=1S/C11H20FN/c1-11(12)7-6-10(13-8-11)9-4-2-3-5-9/h9-10,13H,2-8H2,1H3. The van der Waals surface area contributed by atoms with Crippen molar-refractivity contribution in [3.63, 3.8) is 0 Å². The van der Waals surface area contributed by atoms with Crippen LogP contribution in [0.25, 0.3) is 0 Å². The lowest BCUT2D eigenvalue weighted by atomic mass is 9.86. The molecule has 0 bridgehead atoms. The van der Waals surface area contributed by atoms with Gasteiger partial charge in [-0.05, 0) is 38.5 Å². The van der Waals surface area contributed by atoms with E-state index in [2.05, 4.69) is 5.32 Å². The first kappa shape index (κ1) is 9.45. The van der Waals surface area contributed by atoms with E-state index >= 15 is 0 Å². The molecule has 0 spiro atoms. The Morgan fingerprint density at radius 1 is 1.23 bits per heavy atom. The predicted molar refractivity (Wildman–Crippen MR) is 52.5 cm³/mol. The average molecular weight is 185 g/mol. The lowest BCUT2D eigenvalue weighted by Gasteiger charge is -2.35. The highest BCUT2D eigenvalue weighted by atomic mass is 19.1. The van der Waals surface area contributed by atoms with Crippen LogP contribution in [0.4, 0.5) is 4.39 Å². The van der Waals surface area contributed by atoms with Crippen LogP contribution >= 0.6 is 0 Å². The van der Waals surface area contributed by atoms with Crippen molar-refractivity contribution in [2.45, 2.75) is 57.2 Å². The van der Waals surface area contributed by atoms with Crippen LogP contribution in [0.1, 0.15) is 45.4 Å². The van der Waals surface area contributed by atoms with Gasteiger partial charge in [0.2, 0.25) is 0 Å². The first-order valence-electron chi connectivity index (χ1n) is 5.60. The summed E-state index contributed by atoms with van der Waals surface area (Å²) in [5, 5.41) is 3.38. The van der Waals surface area contributed by atoms with E-state index in [-0.39, 0.29) is 0 Å². The summed E-state index contributed by atoms with van der Waals surface area (Å²) in [4.78, 5) is 0. The van der Waals surface area contributed by atoms with E-state index in [1.807, 2.05) is 0 Å². The molecule has 0 amide bonds. The van der Waals surface area contributed by atoms with Crippen molar-refractivity contribution in [1.82, 2.24) is 5.32 Å². The maximum absolute atomic E-state index is 13.5. The molecule has 2 rings (SSSR count). The van der Waals surface area contributed by atoms with Crippen molar-refractivity contribution in [2.24, 2.45) is 5.92 Å². The van der Waals surface area contributed by atoms with E-state index in [0.717, 1.165) is 18.8 Å². The van der Waals surface area contributed by atoms with E-state index in [1.54, 1.807) is 6.92 Å². The largest absolute Gasteiger partial charge is 0.311 e. The van der Waals surface area contributed by atoms with Crippen LogP contribution in [0.15, 0.2) is 0 Å². The highest BCUT2D eigenvalue weighted by Gasteiger charge is 2.34. The topological polar surface area (TPSA) is 12.0 Å². The third-order valence-corrected chi connectivity index (χ3v) is 3.68. The summed E-state index contributed by atoms with van der Waals surface area (Å²) in [6, 6.07) is 0.617. The van der Waals surface area contributed by atoms with Crippen LogP contribution in [0.2, 0.25) is 0 Å². The summed E-state index contributed by atoms with van der Waals surface area (Å²) in [7, 11) is 0. The minimum absolute atomic E-state index is 0.564. The molecule has 1 nitrogen and oxygen atoms in total. The number of halogens is 1. The molecule has 1 aliphatic heterocycles. The van der Waals surface area contributed by atoms with Crippen LogP contribution in [-0.4, -0.2) is 18.3 Å². The second-order valence-electron chi connectivity index (χ2n) is 4.98. The zero-order valence-electron chi connectivity index (χ0n) is 8.48. The van der Waals surface area contributed by atoms with E-state index in [4.69, 9.17) is 0 Å². The minimum Gasteiger partial charge on any atom is -0.311 e.